The number of carbonyl (C=O) groups is 1. The van der Waals surface area contributed by atoms with Gasteiger partial charge in [0.1, 0.15) is 6.54 Å². The van der Waals surface area contributed by atoms with Crippen molar-refractivity contribution in [3.05, 3.63) is 51.1 Å². The standard InChI is InChI=1S/C14H17N3O2S/c1-2-11(12-4-3-7-20-12)16-13(18)9-17-8-10(15)5-6-14(17)19/h3-8,11H,2,9,15H2,1H3,(H,16,18). The van der Waals surface area contributed by atoms with Crippen molar-refractivity contribution in [2.75, 3.05) is 5.73 Å². The number of pyridine rings is 1. The molecule has 2 heterocycles. The molecule has 2 rings (SSSR count). The first-order chi connectivity index (χ1) is 9.60. The Morgan fingerprint density at radius 3 is 2.90 bits per heavy atom. The molecule has 0 saturated heterocycles. The van der Waals surface area contributed by atoms with Crippen molar-refractivity contribution >= 4 is 22.9 Å². The molecule has 0 saturated carbocycles. The van der Waals surface area contributed by atoms with Gasteiger partial charge in [-0.1, -0.05) is 13.0 Å². The van der Waals surface area contributed by atoms with E-state index in [9.17, 15) is 9.59 Å². The van der Waals surface area contributed by atoms with Gasteiger partial charge >= 0.3 is 0 Å². The van der Waals surface area contributed by atoms with Gasteiger partial charge in [0, 0.05) is 22.8 Å². The molecule has 0 aliphatic carbocycles. The number of carbonyl (C=O) groups excluding carboxylic acids is 1. The van der Waals surface area contributed by atoms with Crippen LogP contribution in [0.15, 0.2) is 40.6 Å². The maximum Gasteiger partial charge on any atom is 0.251 e. The summed E-state index contributed by atoms with van der Waals surface area (Å²) in [7, 11) is 0. The first kappa shape index (κ1) is 14.3. The summed E-state index contributed by atoms with van der Waals surface area (Å²) < 4.78 is 1.31. The second kappa shape index (κ2) is 6.38. The van der Waals surface area contributed by atoms with Crippen LogP contribution in [0.25, 0.3) is 0 Å². The van der Waals surface area contributed by atoms with Crippen molar-refractivity contribution in [3.63, 3.8) is 0 Å². The Kier molecular flexibility index (Phi) is 4.57. The van der Waals surface area contributed by atoms with Gasteiger partial charge in [0.2, 0.25) is 5.91 Å². The van der Waals surface area contributed by atoms with Crippen LogP contribution in [-0.4, -0.2) is 10.5 Å². The smallest absolute Gasteiger partial charge is 0.251 e. The van der Waals surface area contributed by atoms with E-state index in [1.807, 2.05) is 24.4 Å². The van der Waals surface area contributed by atoms with E-state index in [0.29, 0.717) is 5.69 Å². The molecule has 0 radical (unpaired) electrons. The van der Waals surface area contributed by atoms with E-state index in [-0.39, 0.29) is 24.1 Å². The normalized spacial score (nSPS) is 12.1. The second-order valence-corrected chi connectivity index (χ2v) is 5.45. The zero-order valence-corrected chi connectivity index (χ0v) is 12.0. The van der Waals surface area contributed by atoms with E-state index in [0.717, 1.165) is 11.3 Å². The van der Waals surface area contributed by atoms with E-state index in [2.05, 4.69) is 5.32 Å². The van der Waals surface area contributed by atoms with Gasteiger partial charge in [-0.15, -0.1) is 11.3 Å². The molecule has 1 unspecified atom stereocenters. The highest BCUT2D eigenvalue weighted by molar-refractivity contribution is 7.10. The fraction of sp³-hybridized carbons (Fsp3) is 0.286. The number of nitrogens with two attached hydrogens (primary N) is 1. The summed E-state index contributed by atoms with van der Waals surface area (Å²) in [5.41, 5.74) is 5.84. The van der Waals surface area contributed by atoms with Gasteiger partial charge in [-0.3, -0.25) is 9.59 Å². The maximum atomic E-state index is 12.0. The molecule has 0 fully saturated rings. The summed E-state index contributed by atoms with van der Waals surface area (Å²) in [5, 5.41) is 4.91. The zero-order valence-electron chi connectivity index (χ0n) is 11.2. The minimum atomic E-state index is -0.237. The summed E-state index contributed by atoms with van der Waals surface area (Å²) in [4.78, 5) is 24.8. The molecule has 0 bridgehead atoms. The second-order valence-electron chi connectivity index (χ2n) is 4.47. The van der Waals surface area contributed by atoms with Crippen molar-refractivity contribution in [3.8, 4) is 0 Å². The topological polar surface area (TPSA) is 77.1 Å². The van der Waals surface area contributed by atoms with Gasteiger partial charge in [0.15, 0.2) is 0 Å². The third kappa shape index (κ3) is 3.48. The number of rotatable bonds is 5. The molecule has 0 aliphatic heterocycles. The molecular formula is C14H17N3O2S. The van der Waals surface area contributed by atoms with Crippen LogP contribution in [0.5, 0.6) is 0 Å². The van der Waals surface area contributed by atoms with Crippen molar-refractivity contribution in [1.29, 1.82) is 0 Å². The quantitative estimate of drug-likeness (QED) is 0.881. The summed E-state index contributed by atoms with van der Waals surface area (Å²) in [6, 6.07) is 6.82. The minimum Gasteiger partial charge on any atom is -0.398 e. The summed E-state index contributed by atoms with van der Waals surface area (Å²) in [5.74, 6) is -0.196. The number of aromatic nitrogens is 1. The number of nitrogens with one attached hydrogen (secondary N) is 1. The van der Waals surface area contributed by atoms with Gasteiger partial charge in [-0.2, -0.15) is 0 Å². The van der Waals surface area contributed by atoms with Crippen molar-refractivity contribution in [2.45, 2.75) is 25.9 Å². The summed E-state index contributed by atoms with van der Waals surface area (Å²) in [6.45, 7) is 1.99. The summed E-state index contributed by atoms with van der Waals surface area (Å²) >= 11 is 1.61. The van der Waals surface area contributed by atoms with Crippen LogP contribution in [0.4, 0.5) is 5.69 Å². The van der Waals surface area contributed by atoms with Crippen LogP contribution in [0.1, 0.15) is 24.3 Å². The molecular weight excluding hydrogens is 274 g/mol. The molecule has 2 aromatic rings. The molecule has 1 amide bonds. The minimum absolute atomic E-state index is 0.0146. The molecule has 3 N–H and O–H groups in total. The van der Waals surface area contributed by atoms with Gasteiger partial charge < -0.3 is 15.6 Å². The predicted molar refractivity (Wildman–Crippen MR) is 80.6 cm³/mol. The van der Waals surface area contributed by atoms with Crippen LogP contribution in [0.3, 0.4) is 0 Å². The molecule has 0 aliphatic rings. The highest BCUT2D eigenvalue weighted by Gasteiger charge is 2.14. The number of nitrogen functional groups attached to an aromatic ring is 1. The van der Waals surface area contributed by atoms with E-state index < -0.39 is 0 Å². The van der Waals surface area contributed by atoms with Crippen LogP contribution >= 0.6 is 11.3 Å². The molecule has 6 heteroatoms. The highest BCUT2D eigenvalue weighted by Crippen LogP contribution is 2.21. The lowest BCUT2D eigenvalue weighted by Gasteiger charge is -2.16. The number of hydrogen-bond acceptors (Lipinski definition) is 4. The van der Waals surface area contributed by atoms with Gasteiger partial charge in [-0.25, -0.2) is 0 Å². The molecule has 2 aromatic heterocycles. The molecule has 20 heavy (non-hydrogen) atoms. The Morgan fingerprint density at radius 1 is 1.45 bits per heavy atom. The molecule has 1 atom stereocenters. The fourth-order valence-electron chi connectivity index (χ4n) is 1.93. The number of hydrogen-bond donors (Lipinski definition) is 2. The number of amides is 1. The van der Waals surface area contributed by atoms with Gasteiger partial charge in [0.25, 0.3) is 5.56 Å². The van der Waals surface area contributed by atoms with Crippen molar-refractivity contribution in [2.24, 2.45) is 0 Å². The van der Waals surface area contributed by atoms with Crippen LogP contribution < -0.4 is 16.6 Å². The first-order valence-electron chi connectivity index (χ1n) is 6.39. The molecule has 0 aromatic carbocycles. The maximum absolute atomic E-state index is 12.0. The van der Waals surface area contributed by atoms with Crippen LogP contribution in [-0.2, 0) is 11.3 Å². The third-order valence-electron chi connectivity index (χ3n) is 2.95. The first-order valence-corrected chi connectivity index (χ1v) is 7.27. The SMILES string of the molecule is CCC(NC(=O)Cn1cc(N)ccc1=O)c1cccs1. The largest absolute Gasteiger partial charge is 0.398 e. The number of nitrogens with zero attached hydrogens (tertiary/aromatic N) is 1. The number of thiophene rings is 1. The Balaban J connectivity index is 2.05. The van der Waals surface area contributed by atoms with E-state index in [1.165, 1.54) is 22.9 Å². The highest BCUT2D eigenvalue weighted by atomic mass is 32.1. The third-order valence-corrected chi connectivity index (χ3v) is 3.94. The zero-order chi connectivity index (χ0) is 14.5. The number of anilines is 1. The van der Waals surface area contributed by atoms with E-state index in [4.69, 9.17) is 5.73 Å². The van der Waals surface area contributed by atoms with Gasteiger partial charge in [0.05, 0.1) is 6.04 Å². The average Bonchev–Trinajstić information content (AvgIpc) is 2.94. The Labute approximate surface area is 121 Å². The predicted octanol–water partition coefficient (Wildman–Crippen LogP) is 1.76. The van der Waals surface area contributed by atoms with E-state index >= 15 is 0 Å². The molecule has 106 valence electrons. The van der Waals surface area contributed by atoms with E-state index in [1.54, 1.807) is 11.3 Å². The van der Waals surface area contributed by atoms with Crippen molar-refractivity contribution < 1.29 is 4.79 Å². The van der Waals surface area contributed by atoms with Crippen LogP contribution in [0, 0.1) is 0 Å². The lowest BCUT2D eigenvalue weighted by Crippen LogP contribution is -2.34. The average molecular weight is 291 g/mol. The Hall–Kier alpha value is -2.08. The lowest BCUT2D eigenvalue weighted by molar-refractivity contribution is -0.122. The lowest BCUT2D eigenvalue weighted by atomic mass is 10.2. The Bertz CT molecular complexity index is 634. The summed E-state index contributed by atoms with van der Waals surface area (Å²) in [6.07, 6.45) is 2.28. The monoisotopic (exact) mass is 291 g/mol. The van der Waals surface area contributed by atoms with Crippen molar-refractivity contribution in [1.82, 2.24) is 9.88 Å². The molecule has 0 spiro atoms. The fourth-order valence-corrected chi connectivity index (χ4v) is 2.79. The van der Waals surface area contributed by atoms with Crippen LogP contribution in [0.2, 0.25) is 0 Å². The Morgan fingerprint density at radius 2 is 2.25 bits per heavy atom. The van der Waals surface area contributed by atoms with Gasteiger partial charge in [-0.05, 0) is 23.9 Å². The molecule has 5 nitrogen and oxygen atoms in total.